The van der Waals surface area contributed by atoms with E-state index in [9.17, 15) is 0 Å². The molecular weight excluding hydrogens is 268 g/mol. The maximum absolute atomic E-state index is 6.44. The zero-order chi connectivity index (χ0) is 14.8. The number of anilines is 1. The third-order valence-corrected chi connectivity index (χ3v) is 4.35. The molecule has 1 heterocycles. The molecule has 112 valence electrons. The van der Waals surface area contributed by atoms with Gasteiger partial charge in [-0.2, -0.15) is 0 Å². The molecule has 20 heavy (non-hydrogen) atoms. The summed E-state index contributed by atoms with van der Waals surface area (Å²) in [5, 5.41) is 4.36. The van der Waals surface area contributed by atoms with Crippen molar-refractivity contribution in [1.29, 1.82) is 0 Å². The highest BCUT2D eigenvalue weighted by Crippen LogP contribution is 2.27. The van der Waals surface area contributed by atoms with Gasteiger partial charge in [0.1, 0.15) is 0 Å². The Balaban J connectivity index is 2.02. The molecule has 1 aromatic rings. The van der Waals surface area contributed by atoms with Gasteiger partial charge < -0.3 is 10.2 Å². The van der Waals surface area contributed by atoms with Crippen LogP contribution in [0.4, 0.5) is 5.69 Å². The molecule has 0 bridgehead atoms. The lowest BCUT2D eigenvalue weighted by molar-refractivity contribution is 0.424. The molecule has 0 amide bonds. The first-order valence-electron chi connectivity index (χ1n) is 7.63. The zero-order valence-corrected chi connectivity index (χ0v) is 13.9. The van der Waals surface area contributed by atoms with Crippen LogP contribution in [0.15, 0.2) is 18.2 Å². The first kappa shape index (κ1) is 15.7. The van der Waals surface area contributed by atoms with Crippen molar-refractivity contribution in [3.63, 3.8) is 0 Å². The minimum absolute atomic E-state index is 0.116. The minimum atomic E-state index is 0.116. The average Bonchev–Trinajstić information content (AvgIpc) is 2.37. The van der Waals surface area contributed by atoms with Gasteiger partial charge in [-0.15, -0.1) is 0 Å². The Bertz CT molecular complexity index is 443. The molecule has 1 N–H and O–H groups in total. The van der Waals surface area contributed by atoms with Gasteiger partial charge in [-0.3, -0.25) is 0 Å². The maximum atomic E-state index is 6.44. The Morgan fingerprint density at radius 3 is 2.45 bits per heavy atom. The number of hydrogen-bond acceptors (Lipinski definition) is 2. The van der Waals surface area contributed by atoms with Crippen LogP contribution in [0.3, 0.4) is 0 Å². The van der Waals surface area contributed by atoms with Crippen LogP contribution >= 0.6 is 11.6 Å². The summed E-state index contributed by atoms with van der Waals surface area (Å²) in [5.41, 5.74) is 2.56. The molecule has 0 radical (unpaired) electrons. The molecule has 1 aromatic carbocycles. The Hall–Kier alpha value is -0.730. The van der Waals surface area contributed by atoms with Gasteiger partial charge in [0.15, 0.2) is 0 Å². The number of hydrogen-bond donors (Lipinski definition) is 1. The van der Waals surface area contributed by atoms with Crippen molar-refractivity contribution in [2.45, 2.75) is 52.6 Å². The fourth-order valence-electron chi connectivity index (χ4n) is 2.50. The number of halogens is 1. The quantitative estimate of drug-likeness (QED) is 0.885. The fraction of sp³-hybridized carbons (Fsp3) is 0.647. The van der Waals surface area contributed by atoms with Crippen LogP contribution in [0.25, 0.3) is 0 Å². The van der Waals surface area contributed by atoms with E-state index < -0.39 is 0 Å². The topological polar surface area (TPSA) is 15.3 Å². The van der Waals surface area contributed by atoms with Gasteiger partial charge >= 0.3 is 0 Å². The third kappa shape index (κ3) is 4.39. The molecule has 0 unspecified atom stereocenters. The second-order valence-electron chi connectivity index (χ2n) is 7.05. The lowest BCUT2D eigenvalue weighted by Gasteiger charge is -2.32. The van der Waals surface area contributed by atoms with Gasteiger partial charge in [0.05, 0.1) is 0 Å². The van der Waals surface area contributed by atoms with E-state index in [1.807, 2.05) is 0 Å². The summed E-state index contributed by atoms with van der Waals surface area (Å²) in [6.07, 6.45) is 2.57. The van der Waals surface area contributed by atoms with Crippen LogP contribution in [0, 0.1) is 5.92 Å². The molecule has 0 atom stereocenters. The second-order valence-corrected chi connectivity index (χ2v) is 7.46. The van der Waals surface area contributed by atoms with Gasteiger partial charge in [-0.25, -0.2) is 0 Å². The van der Waals surface area contributed by atoms with Crippen LogP contribution in [-0.4, -0.2) is 18.6 Å². The molecule has 2 rings (SSSR count). The number of nitrogens with zero attached hydrogens (tertiary/aromatic N) is 1. The first-order valence-corrected chi connectivity index (χ1v) is 8.01. The Labute approximate surface area is 128 Å². The molecule has 0 aromatic heterocycles. The molecule has 1 fully saturated rings. The van der Waals surface area contributed by atoms with E-state index in [1.165, 1.54) is 24.1 Å². The van der Waals surface area contributed by atoms with Crippen molar-refractivity contribution in [3.8, 4) is 0 Å². The summed E-state index contributed by atoms with van der Waals surface area (Å²) in [5.74, 6) is 0.858. The molecule has 2 nitrogen and oxygen atoms in total. The average molecular weight is 295 g/mol. The second kappa shape index (κ2) is 6.36. The standard InChI is InChI=1S/C17H27ClN2/c1-13-7-9-20(10-8-13)15-6-5-14(16(18)11-15)12-19-17(2,3)4/h5-6,11,13,19H,7-10,12H2,1-4H3. The van der Waals surface area contributed by atoms with Gasteiger partial charge in [0, 0.05) is 35.9 Å². The van der Waals surface area contributed by atoms with Crippen molar-refractivity contribution in [2.75, 3.05) is 18.0 Å². The predicted molar refractivity (Wildman–Crippen MR) is 88.7 cm³/mol. The van der Waals surface area contributed by atoms with Crippen LogP contribution in [0.5, 0.6) is 0 Å². The highest BCUT2D eigenvalue weighted by molar-refractivity contribution is 6.31. The zero-order valence-electron chi connectivity index (χ0n) is 13.2. The van der Waals surface area contributed by atoms with E-state index in [0.29, 0.717) is 0 Å². The molecule has 0 saturated carbocycles. The number of nitrogens with one attached hydrogen (secondary N) is 1. The van der Waals surface area contributed by atoms with E-state index >= 15 is 0 Å². The normalized spacial score (nSPS) is 17.6. The van der Waals surface area contributed by atoms with Gasteiger partial charge in [-0.1, -0.05) is 24.6 Å². The van der Waals surface area contributed by atoms with Gasteiger partial charge in [0.2, 0.25) is 0 Å². The summed E-state index contributed by atoms with van der Waals surface area (Å²) in [6.45, 7) is 12.0. The fourth-order valence-corrected chi connectivity index (χ4v) is 2.75. The largest absolute Gasteiger partial charge is 0.371 e. The third-order valence-electron chi connectivity index (χ3n) is 3.99. The molecule has 1 aliphatic rings. The maximum Gasteiger partial charge on any atom is 0.0471 e. The summed E-state index contributed by atoms with van der Waals surface area (Å²) in [6, 6.07) is 6.49. The van der Waals surface area contributed by atoms with Gasteiger partial charge in [-0.05, 0) is 57.2 Å². The van der Waals surface area contributed by atoms with E-state index in [1.54, 1.807) is 0 Å². The Morgan fingerprint density at radius 1 is 1.25 bits per heavy atom. The lowest BCUT2D eigenvalue weighted by Crippen LogP contribution is -2.35. The number of benzene rings is 1. The van der Waals surface area contributed by atoms with E-state index in [0.717, 1.165) is 30.6 Å². The molecule has 0 spiro atoms. The van der Waals surface area contributed by atoms with Crippen LogP contribution in [0.2, 0.25) is 5.02 Å². The summed E-state index contributed by atoms with van der Waals surface area (Å²) in [4.78, 5) is 2.45. The first-order chi connectivity index (χ1) is 9.35. The SMILES string of the molecule is CC1CCN(c2ccc(CNC(C)(C)C)c(Cl)c2)CC1. The van der Waals surface area contributed by atoms with Crippen LogP contribution < -0.4 is 10.2 Å². The molecule has 1 saturated heterocycles. The highest BCUT2D eigenvalue weighted by Gasteiger charge is 2.17. The van der Waals surface area contributed by atoms with Crippen molar-refractivity contribution in [3.05, 3.63) is 28.8 Å². The smallest absolute Gasteiger partial charge is 0.0471 e. The number of piperidine rings is 1. The summed E-state index contributed by atoms with van der Waals surface area (Å²) >= 11 is 6.44. The van der Waals surface area contributed by atoms with Crippen molar-refractivity contribution >= 4 is 17.3 Å². The van der Waals surface area contributed by atoms with E-state index in [2.05, 4.69) is 56.1 Å². The molecule has 1 aliphatic heterocycles. The number of rotatable bonds is 3. The highest BCUT2D eigenvalue weighted by atomic mass is 35.5. The summed E-state index contributed by atoms with van der Waals surface area (Å²) < 4.78 is 0. The van der Waals surface area contributed by atoms with Crippen LogP contribution in [-0.2, 0) is 6.54 Å². The molecular formula is C17H27ClN2. The van der Waals surface area contributed by atoms with Crippen molar-refractivity contribution < 1.29 is 0 Å². The van der Waals surface area contributed by atoms with Crippen LogP contribution in [0.1, 0.15) is 46.1 Å². The monoisotopic (exact) mass is 294 g/mol. The Kier molecular flexibility index (Phi) is 4.98. The molecule has 3 heteroatoms. The molecule has 0 aliphatic carbocycles. The van der Waals surface area contributed by atoms with E-state index in [-0.39, 0.29) is 5.54 Å². The van der Waals surface area contributed by atoms with Crippen molar-refractivity contribution in [1.82, 2.24) is 5.32 Å². The summed E-state index contributed by atoms with van der Waals surface area (Å²) in [7, 11) is 0. The minimum Gasteiger partial charge on any atom is -0.371 e. The Morgan fingerprint density at radius 2 is 1.90 bits per heavy atom. The van der Waals surface area contributed by atoms with Gasteiger partial charge in [0.25, 0.3) is 0 Å². The van der Waals surface area contributed by atoms with Crippen molar-refractivity contribution in [2.24, 2.45) is 5.92 Å². The van der Waals surface area contributed by atoms with E-state index in [4.69, 9.17) is 11.6 Å². The lowest BCUT2D eigenvalue weighted by atomic mass is 9.98. The predicted octanol–water partition coefficient (Wildman–Crippen LogP) is 4.46.